The molecule has 4 rings (SSSR count). The number of benzene rings is 2. The van der Waals surface area contributed by atoms with Crippen molar-refractivity contribution in [2.75, 3.05) is 16.8 Å². The fraction of sp³-hybridized carbons (Fsp3) is 0.261. The molecule has 1 aromatic heterocycles. The van der Waals surface area contributed by atoms with Crippen LogP contribution < -0.4 is 10.2 Å². The highest BCUT2D eigenvalue weighted by atomic mass is 16.1. The molecule has 0 unspecified atom stereocenters. The molecule has 0 bridgehead atoms. The van der Waals surface area contributed by atoms with Crippen LogP contribution in [0.2, 0.25) is 0 Å². The van der Waals surface area contributed by atoms with E-state index in [0.29, 0.717) is 17.6 Å². The summed E-state index contributed by atoms with van der Waals surface area (Å²) in [7, 11) is 0. The van der Waals surface area contributed by atoms with Crippen LogP contribution in [0.3, 0.4) is 0 Å². The van der Waals surface area contributed by atoms with Gasteiger partial charge in [-0.1, -0.05) is 50.2 Å². The third kappa shape index (κ3) is 3.36. The van der Waals surface area contributed by atoms with Gasteiger partial charge in [0.25, 0.3) is 5.91 Å². The lowest BCUT2D eigenvalue weighted by Gasteiger charge is -2.18. The van der Waals surface area contributed by atoms with Gasteiger partial charge in [0, 0.05) is 24.1 Å². The molecule has 0 radical (unpaired) electrons. The van der Waals surface area contributed by atoms with E-state index < -0.39 is 0 Å². The van der Waals surface area contributed by atoms with Crippen LogP contribution in [0.25, 0.3) is 0 Å². The molecule has 2 heterocycles. The average Bonchev–Trinajstić information content (AvgIpc) is 3.13. The first-order valence-electron chi connectivity index (χ1n) is 9.64. The van der Waals surface area contributed by atoms with Crippen LogP contribution in [0.1, 0.15) is 46.9 Å². The minimum Gasteiger partial charge on any atom is -0.320 e. The van der Waals surface area contributed by atoms with Crippen molar-refractivity contribution in [2.24, 2.45) is 0 Å². The van der Waals surface area contributed by atoms with Gasteiger partial charge in [-0.2, -0.15) is 0 Å². The monoisotopic (exact) mass is 372 g/mol. The van der Waals surface area contributed by atoms with Crippen LogP contribution in [-0.2, 0) is 6.42 Å². The number of fused-ring (bicyclic) bond motifs is 1. The summed E-state index contributed by atoms with van der Waals surface area (Å²) < 4.78 is 0. The van der Waals surface area contributed by atoms with E-state index in [0.717, 1.165) is 35.5 Å². The maximum absolute atomic E-state index is 12.9. The average molecular weight is 372 g/mol. The zero-order valence-corrected chi connectivity index (χ0v) is 16.4. The van der Waals surface area contributed by atoms with Gasteiger partial charge in [0.1, 0.15) is 5.69 Å². The van der Waals surface area contributed by atoms with E-state index in [4.69, 9.17) is 0 Å². The largest absolute Gasteiger partial charge is 0.320 e. The van der Waals surface area contributed by atoms with Crippen LogP contribution in [0.4, 0.5) is 17.3 Å². The number of amides is 1. The summed E-state index contributed by atoms with van der Waals surface area (Å²) in [5.74, 6) is 0.663. The smallest absolute Gasteiger partial charge is 0.274 e. The molecule has 28 heavy (non-hydrogen) atoms. The molecule has 0 atom stereocenters. The summed E-state index contributed by atoms with van der Waals surface area (Å²) in [4.78, 5) is 24.0. The third-order valence-corrected chi connectivity index (χ3v) is 5.17. The van der Waals surface area contributed by atoms with Gasteiger partial charge in [-0.3, -0.25) is 4.79 Å². The molecule has 1 amide bonds. The Hall–Kier alpha value is -3.21. The number of nitrogens with one attached hydrogen (secondary N) is 1. The molecular formula is C23H24N4O. The molecule has 1 N–H and O–H groups in total. The second kappa shape index (κ2) is 7.43. The summed E-state index contributed by atoms with van der Waals surface area (Å²) >= 11 is 0. The standard InChI is InChI=1S/C23H24N4O/c1-15(2)18-9-6-7-16(3)21(18)26-22(28)19-11-13-24-23(25-19)27-14-12-17-8-4-5-10-20(17)27/h4-11,13,15H,12,14H2,1-3H3,(H,26,28). The Morgan fingerprint density at radius 3 is 2.75 bits per heavy atom. The third-order valence-electron chi connectivity index (χ3n) is 5.17. The van der Waals surface area contributed by atoms with Crippen molar-refractivity contribution in [3.05, 3.63) is 77.1 Å². The van der Waals surface area contributed by atoms with Crippen molar-refractivity contribution in [2.45, 2.75) is 33.1 Å². The van der Waals surface area contributed by atoms with E-state index in [2.05, 4.69) is 52.2 Å². The van der Waals surface area contributed by atoms with Crippen molar-refractivity contribution in [3.63, 3.8) is 0 Å². The fourth-order valence-electron chi connectivity index (χ4n) is 3.67. The molecular weight excluding hydrogens is 348 g/mol. The summed E-state index contributed by atoms with van der Waals surface area (Å²) in [6.07, 6.45) is 2.61. The Kier molecular flexibility index (Phi) is 4.82. The van der Waals surface area contributed by atoms with E-state index >= 15 is 0 Å². The summed E-state index contributed by atoms with van der Waals surface area (Å²) in [6.45, 7) is 7.07. The molecule has 0 spiro atoms. The van der Waals surface area contributed by atoms with E-state index in [-0.39, 0.29) is 5.91 Å². The van der Waals surface area contributed by atoms with E-state index in [1.54, 1.807) is 12.3 Å². The minimum atomic E-state index is -0.215. The molecule has 0 fully saturated rings. The van der Waals surface area contributed by atoms with Gasteiger partial charge in [0.2, 0.25) is 5.95 Å². The highest BCUT2D eigenvalue weighted by Gasteiger charge is 2.23. The molecule has 0 saturated carbocycles. The maximum atomic E-state index is 12.9. The van der Waals surface area contributed by atoms with Gasteiger partial charge in [0.15, 0.2) is 0 Å². The number of hydrogen-bond donors (Lipinski definition) is 1. The molecule has 1 aliphatic rings. The highest BCUT2D eigenvalue weighted by molar-refractivity contribution is 6.04. The first kappa shape index (κ1) is 18.2. The number of carbonyl (C=O) groups is 1. The number of aryl methyl sites for hydroxylation is 1. The Bertz CT molecular complexity index is 1030. The molecule has 1 aliphatic heterocycles. The Morgan fingerprint density at radius 2 is 1.93 bits per heavy atom. The van der Waals surface area contributed by atoms with Gasteiger partial charge < -0.3 is 10.2 Å². The second-order valence-electron chi connectivity index (χ2n) is 7.42. The zero-order chi connectivity index (χ0) is 19.7. The number of hydrogen-bond acceptors (Lipinski definition) is 4. The van der Waals surface area contributed by atoms with Crippen LogP contribution in [0.15, 0.2) is 54.7 Å². The SMILES string of the molecule is Cc1cccc(C(C)C)c1NC(=O)c1ccnc(N2CCc3ccccc32)n1. The number of carbonyl (C=O) groups excluding carboxylic acids is 1. The number of nitrogens with zero attached hydrogens (tertiary/aromatic N) is 3. The lowest BCUT2D eigenvalue weighted by atomic mass is 9.98. The number of aromatic nitrogens is 2. The predicted octanol–water partition coefficient (Wildman–Crippen LogP) is 4.85. The summed E-state index contributed by atoms with van der Waals surface area (Å²) in [5.41, 5.74) is 5.79. The van der Waals surface area contributed by atoms with Crippen molar-refractivity contribution in [3.8, 4) is 0 Å². The second-order valence-corrected chi connectivity index (χ2v) is 7.42. The molecule has 5 heteroatoms. The summed E-state index contributed by atoms with van der Waals surface area (Å²) in [5, 5.41) is 3.07. The normalized spacial score (nSPS) is 12.9. The topological polar surface area (TPSA) is 58.1 Å². The zero-order valence-electron chi connectivity index (χ0n) is 16.4. The molecule has 0 saturated heterocycles. The van der Waals surface area contributed by atoms with Gasteiger partial charge in [-0.05, 0) is 48.1 Å². The Balaban J connectivity index is 1.62. The van der Waals surface area contributed by atoms with Gasteiger partial charge in [-0.25, -0.2) is 9.97 Å². The Labute approximate surface area is 165 Å². The lowest BCUT2D eigenvalue weighted by molar-refractivity contribution is 0.102. The first-order chi connectivity index (χ1) is 13.5. The molecule has 3 aromatic rings. The van der Waals surface area contributed by atoms with Crippen LogP contribution >= 0.6 is 0 Å². The predicted molar refractivity (Wildman–Crippen MR) is 112 cm³/mol. The van der Waals surface area contributed by atoms with Crippen LogP contribution in [0, 0.1) is 6.92 Å². The molecule has 0 aliphatic carbocycles. The van der Waals surface area contributed by atoms with Crippen LogP contribution in [-0.4, -0.2) is 22.4 Å². The minimum absolute atomic E-state index is 0.215. The van der Waals surface area contributed by atoms with Crippen molar-refractivity contribution >= 4 is 23.2 Å². The fourth-order valence-corrected chi connectivity index (χ4v) is 3.67. The quantitative estimate of drug-likeness (QED) is 0.711. The highest BCUT2D eigenvalue weighted by Crippen LogP contribution is 2.32. The lowest BCUT2D eigenvalue weighted by Crippen LogP contribution is -2.20. The molecule has 2 aromatic carbocycles. The first-order valence-corrected chi connectivity index (χ1v) is 9.64. The van der Waals surface area contributed by atoms with E-state index in [1.807, 2.05) is 31.2 Å². The van der Waals surface area contributed by atoms with Crippen LogP contribution in [0.5, 0.6) is 0 Å². The Morgan fingerprint density at radius 1 is 1.11 bits per heavy atom. The number of para-hydroxylation sites is 2. The van der Waals surface area contributed by atoms with Crippen molar-refractivity contribution in [1.29, 1.82) is 0 Å². The number of anilines is 3. The summed E-state index contributed by atoms with van der Waals surface area (Å²) in [6, 6.07) is 16.0. The number of rotatable bonds is 4. The van der Waals surface area contributed by atoms with Gasteiger partial charge in [0.05, 0.1) is 0 Å². The van der Waals surface area contributed by atoms with Gasteiger partial charge >= 0.3 is 0 Å². The van der Waals surface area contributed by atoms with Crippen molar-refractivity contribution < 1.29 is 4.79 Å². The molecule has 142 valence electrons. The van der Waals surface area contributed by atoms with Gasteiger partial charge in [-0.15, -0.1) is 0 Å². The molecule has 5 nitrogen and oxygen atoms in total. The maximum Gasteiger partial charge on any atom is 0.274 e. The van der Waals surface area contributed by atoms with E-state index in [1.165, 1.54) is 5.56 Å². The van der Waals surface area contributed by atoms with Crippen molar-refractivity contribution in [1.82, 2.24) is 9.97 Å². The van der Waals surface area contributed by atoms with E-state index in [9.17, 15) is 4.79 Å².